The number of carbonyl (C=O) groups is 1. The highest BCUT2D eigenvalue weighted by atomic mass is 79.9. The summed E-state index contributed by atoms with van der Waals surface area (Å²) < 4.78 is 4.92. The quantitative estimate of drug-likeness (QED) is 0.668. The van der Waals surface area contributed by atoms with E-state index in [1.165, 1.54) is 0 Å². The lowest BCUT2D eigenvalue weighted by molar-refractivity contribution is 0.0526. The van der Waals surface area contributed by atoms with Gasteiger partial charge in [-0.25, -0.2) is 4.79 Å². The van der Waals surface area contributed by atoms with Gasteiger partial charge in [0.15, 0.2) is 0 Å². The first-order valence-electron chi connectivity index (χ1n) is 4.77. The molecule has 88 valence electrons. The van der Waals surface area contributed by atoms with Crippen molar-refractivity contribution in [2.45, 2.75) is 17.6 Å². The highest BCUT2D eigenvalue weighted by molar-refractivity contribution is 9.08. The zero-order chi connectivity index (χ0) is 12.1. The van der Waals surface area contributed by atoms with E-state index in [0.717, 1.165) is 0 Å². The summed E-state index contributed by atoms with van der Waals surface area (Å²) in [4.78, 5) is 11.6. The zero-order valence-corrected chi connectivity index (χ0v) is 12.0. The topological polar surface area (TPSA) is 46.5 Å². The summed E-state index contributed by atoms with van der Waals surface area (Å²) in [5, 5.41) is 10.8. The van der Waals surface area contributed by atoms with Gasteiger partial charge in [0.1, 0.15) is 5.75 Å². The third kappa shape index (κ3) is 2.98. The molecule has 0 bridgehead atoms. The second kappa shape index (κ2) is 6.25. The number of aromatic hydroxyl groups is 1. The molecule has 1 N–H and O–H groups in total. The molecule has 3 nitrogen and oxygen atoms in total. The smallest absolute Gasteiger partial charge is 0.338 e. The van der Waals surface area contributed by atoms with E-state index in [1.807, 2.05) is 0 Å². The molecule has 0 saturated carbocycles. The Balaban J connectivity index is 3.16. The maximum absolute atomic E-state index is 11.6. The third-order valence-electron chi connectivity index (χ3n) is 2.07. The maximum Gasteiger partial charge on any atom is 0.338 e. The Bertz CT molecular complexity index is 366. The average Bonchev–Trinajstić information content (AvgIpc) is 2.29. The van der Waals surface area contributed by atoms with Crippen LogP contribution in [0, 0.1) is 0 Å². The van der Waals surface area contributed by atoms with Gasteiger partial charge in [-0.3, -0.25) is 0 Å². The van der Waals surface area contributed by atoms with E-state index in [1.54, 1.807) is 19.1 Å². The van der Waals surface area contributed by atoms with Gasteiger partial charge in [0.25, 0.3) is 0 Å². The number of hydrogen-bond donors (Lipinski definition) is 1. The monoisotopic (exact) mass is 350 g/mol. The molecule has 1 aromatic rings. The molecule has 0 aliphatic rings. The normalized spacial score (nSPS) is 10.2. The van der Waals surface area contributed by atoms with Gasteiger partial charge in [0, 0.05) is 21.8 Å². The summed E-state index contributed by atoms with van der Waals surface area (Å²) in [6, 6.07) is 3.27. The Hall–Kier alpha value is -0.550. The molecule has 16 heavy (non-hydrogen) atoms. The lowest BCUT2D eigenvalue weighted by Gasteiger charge is -2.09. The number of esters is 1. The number of halogens is 2. The zero-order valence-electron chi connectivity index (χ0n) is 8.80. The molecule has 0 aliphatic carbocycles. The first-order valence-corrected chi connectivity index (χ1v) is 7.02. The Kier molecular flexibility index (Phi) is 5.28. The molecular weight excluding hydrogens is 340 g/mol. The van der Waals surface area contributed by atoms with Crippen LogP contribution >= 0.6 is 31.9 Å². The van der Waals surface area contributed by atoms with Crippen LogP contribution in [0.15, 0.2) is 12.1 Å². The number of alkyl halides is 2. The lowest BCUT2D eigenvalue weighted by atomic mass is 10.1. The Labute approximate surface area is 111 Å². The number of hydrogen-bond acceptors (Lipinski definition) is 3. The first kappa shape index (κ1) is 13.5. The molecule has 0 radical (unpaired) electrons. The molecule has 5 heteroatoms. The van der Waals surface area contributed by atoms with Crippen molar-refractivity contribution in [1.29, 1.82) is 0 Å². The predicted octanol–water partition coefficient (Wildman–Crippen LogP) is 3.36. The van der Waals surface area contributed by atoms with Gasteiger partial charge in [-0.2, -0.15) is 0 Å². The van der Waals surface area contributed by atoms with Gasteiger partial charge in [0.05, 0.1) is 12.2 Å². The van der Waals surface area contributed by atoms with E-state index in [0.29, 0.717) is 34.0 Å². The van der Waals surface area contributed by atoms with Crippen LogP contribution in [-0.4, -0.2) is 17.7 Å². The summed E-state index contributed by atoms with van der Waals surface area (Å²) in [5.74, 6) is -0.159. The van der Waals surface area contributed by atoms with E-state index >= 15 is 0 Å². The number of benzene rings is 1. The van der Waals surface area contributed by atoms with Crippen LogP contribution in [0.2, 0.25) is 0 Å². The standard InChI is InChI=1S/C11H12Br2O3/c1-2-16-11(15)7-3-8(5-12)10(14)9(4-7)6-13/h3-4,14H,2,5-6H2,1H3. The van der Waals surface area contributed by atoms with Crippen molar-refractivity contribution in [3.05, 3.63) is 28.8 Å². The van der Waals surface area contributed by atoms with E-state index < -0.39 is 0 Å². The molecule has 0 atom stereocenters. The second-order valence-corrected chi connectivity index (χ2v) is 4.25. The first-order chi connectivity index (χ1) is 7.63. The van der Waals surface area contributed by atoms with Crippen molar-refractivity contribution in [3.63, 3.8) is 0 Å². The molecule has 0 saturated heterocycles. The molecule has 0 unspecified atom stereocenters. The molecule has 0 spiro atoms. The van der Waals surface area contributed by atoms with Crippen molar-refractivity contribution >= 4 is 37.8 Å². The van der Waals surface area contributed by atoms with Crippen molar-refractivity contribution in [2.75, 3.05) is 6.61 Å². The summed E-state index contributed by atoms with van der Waals surface area (Å²) in [6.07, 6.45) is 0. The molecule has 1 aromatic carbocycles. The van der Waals surface area contributed by atoms with E-state index in [9.17, 15) is 9.90 Å². The summed E-state index contributed by atoms with van der Waals surface area (Å²) in [7, 11) is 0. The van der Waals surface area contributed by atoms with Crippen LogP contribution in [-0.2, 0) is 15.4 Å². The Morgan fingerprint density at radius 2 is 1.81 bits per heavy atom. The third-order valence-corrected chi connectivity index (χ3v) is 3.28. The summed E-state index contributed by atoms with van der Waals surface area (Å²) >= 11 is 6.53. The van der Waals surface area contributed by atoms with E-state index in [-0.39, 0.29) is 11.7 Å². The fourth-order valence-electron chi connectivity index (χ4n) is 1.30. The fraction of sp³-hybridized carbons (Fsp3) is 0.364. The van der Waals surface area contributed by atoms with Crippen molar-refractivity contribution in [1.82, 2.24) is 0 Å². The van der Waals surface area contributed by atoms with Crippen LogP contribution in [0.5, 0.6) is 5.75 Å². The maximum atomic E-state index is 11.6. The SMILES string of the molecule is CCOC(=O)c1cc(CBr)c(O)c(CBr)c1. The lowest BCUT2D eigenvalue weighted by Crippen LogP contribution is -2.06. The van der Waals surface area contributed by atoms with Crippen LogP contribution in [0.1, 0.15) is 28.4 Å². The molecule has 0 aromatic heterocycles. The minimum absolute atomic E-state index is 0.210. The van der Waals surface area contributed by atoms with Gasteiger partial charge < -0.3 is 9.84 Å². The summed E-state index contributed by atoms with van der Waals surface area (Å²) in [6.45, 7) is 2.10. The van der Waals surface area contributed by atoms with Gasteiger partial charge in [-0.15, -0.1) is 0 Å². The van der Waals surface area contributed by atoms with Gasteiger partial charge in [-0.1, -0.05) is 31.9 Å². The number of rotatable bonds is 4. The number of ether oxygens (including phenoxy) is 1. The molecular formula is C11H12Br2O3. The number of carbonyl (C=O) groups excluding carboxylic acids is 1. The van der Waals surface area contributed by atoms with Crippen LogP contribution < -0.4 is 0 Å². The van der Waals surface area contributed by atoms with Crippen LogP contribution in [0.25, 0.3) is 0 Å². The van der Waals surface area contributed by atoms with Gasteiger partial charge >= 0.3 is 5.97 Å². The average molecular weight is 352 g/mol. The van der Waals surface area contributed by atoms with Gasteiger partial charge in [-0.05, 0) is 19.1 Å². The van der Waals surface area contributed by atoms with Crippen molar-refractivity contribution < 1.29 is 14.6 Å². The largest absolute Gasteiger partial charge is 0.507 e. The number of phenols is 1. The highest BCUT2D eigenvalue weighted by Crippen LogP contribution is 2.28. The molecule has 0 fully saturated rings. The number of phenolic OH excluding ortho intramolecular Hbond substituents is 1. The highest BCUT2D eigenvalue weighted by Gasteiger charge is 2.13. The summed E-state index contributed by atoms with van der Waals surface area (Å²) in [5.41, 5.74) is 1.82. The molecule has 1 rings (SSSR count). The van der Waals surface area contributed by atoms with Crippen molar-refractivity contribution in [2.24, 2.45) is 0 Å². The second-order valence-electron chi connectivity index (χ2n) is 3.13. The Morgan fingerprint density at radius 1 is 1.31 bits per heavy atom. The van der Waals surface area contributed by atoms with Gasteiger partial charge in [0.2, 0.25) is 0 Å². The fourth-order valence-corrected chi connectivity index (χ4v) is 2.15. The predicted molar refractivity (Wildman–Crippen MR) is 69.3 cm³/mol. The molecule has 0 amide bonds. The van der Waals surface area contributed by atoms with E-state index in [2.05, 4.69) is 31.9 Å². The Morgan fingerprint density at radius 3 is 2.19 bits per heavy atom. The molecule has 0 aliphatic heterocycles. The minimum Gasteiger partial charge on any atom is -0.507 e. The van der Waals surface area contributed by atoms with Crippen LogP contribution in [0.4, 0.5) is 0 Å². The minimum atomic E-state index is -0.369. The van der Waals surface area contributed by atoms with Crippen LogP contribution in [0.3, 0.4) is 0 Å². The molecule has 0 heterocycles. The van der Waals surface area contributed by atoms with Crippen molar-refractivity contribution in [3.8, 4) is 5.75 Å². The van der Waals surface area contributed by atoms with E-state index in [4.69, 9.17) is 4.74 Å².